The third-order valence-electron chi connectivity index (χ3n) is 2.14. The predicted octanol–water partition coefficient (Wildman–Crippen LogP) is 1.58. The van der Waals surface area contributed by atoms with Gasteiger partial charge in [0.05, 0.1) is 5.56 Å². The number of carboxylic acids is 1. The van der Waals surface area contributed by atoms with Crippen molar-refractivity contribution < 1.29 is 14.7 Å². The van der Waals surface area contributed by atoms with E-state index in [0.717, 1.165) is 0 Å². The van der Waals surface area contributed by atoms with Gasteiger partial charge in [-0.2, -0.15) is 0 Å². The Morgan fingerprint density at radius 3 is 2.88 bits per heavy atom. The van der Waals surface area contributed by atoms with Gasteiger partial charge in [0.2, 0.25) is 0 Å². The Kier molecular flexibility index (Phi) is 4.90. The van der Waals surface area contributed by atoms with Crippen molar-refractivity contribution in [3.8, 4) is 0 Å². The van der Waals surface area contributed by atoms with Crippen LogP contribution in [0.2, 0.25) is 5.15 Å². The van der Waals surface area contributed by atoms with Crippen LogP contribution in [-0.4, -0.2) is 28.5 Å². The van der Waals surface area contributed by atoms with Crippen molar-refractivity contribution in [2.24, 2.45) is 5.92 Å². The lowest BCUT2D eigenvalue weighted by atomic mass is 10.1. The van der Waals surface area contributed by atoms with Gasteiger partial charge in [0.1, 0.15) is 5.15 Å². The Bertz CT molecular complexity index is 423. The fraction of sp³-hybridized carbons (Fsp3) is 0.364. The number of nitrogens with one attached hydrogen (secondary N) is 1. The summed E-state index contributed by atoms with van der Waals surface area (Å²) in [6.07, 6.45) is 1.51. The van der Waals surface area contributed by atoms with E-state index in [1.807, 2.05) is 0 Å². The van der Waals surface area contributed by atoms with Crippen LogP contribution < -0.4 is 5.32 Å². The first kappa shape index (κ1) is 13.4. The molecule has 0 aliphatic heterocycles. The van der Waals surface area contributed by atoms with Gasteiger partial charge in [-0.3, -0.25) is 9.59 Å². The highest BCUT2D eigenvalue weighted by molar-refractivity contribution is 6.32. The number of carboxylic acid groups (broad SMARTS) is 1. The predicted molar refractivity (Wildman–Crippen MR) is 63.0 cm³/mol. The van der Waals surface area contributed by atoms with E-state index in [4.69, 9.17) is 16.7 Å². The molecule has 0 aromatic carbocycles. The highest BCUT2D eigenvalue weighted by Gasteiger charge is 2.13. The van der Waals surface area contributed by atoms with Crippen LogP contribution in [0.3, 0.4) is 0 Å². The molecule has 0 saturated carbocycles. The van der Waals surface area contributed by atoms with E-state index in [0.29, 0.717) is 0 Å². The quantitative estimate of drug-likeness (QED) is 0.784. The molecule has 0 spiro atoms. The first-order chi connectivity index (χ1) is 8.00. The molecular formula is C11H13ClN2O3. The second-order valence-electron chi connectivity index (χ2n) is 3.75. The SMILES string of the molecule is CC(CNC(=O)c1cccnc1Cl)CC(=O)O. The zero-order valence-corrected chi connectivity index (χ0v) is 10.1. The molecule has 6 heteroatoms. The number of hydrogen-bond donors (Lipinski definition) is 2. The number of carbonyl (C=O) groups excluding carboxylic acids is 1. The Morgan fingerprint density at radius 2 is 2.29 bits per heavy atom. The van der Waals surface area contributed by atoms with Gasteiger partial charge in [-0.25, -0.2) is 4.98 Å². The highest BCUT2D eigenvalue weighted by atomic mass is 35.5. The van der Waals surface area contributed by atoms with Crippen molar-refractivity contribution in [3.63, 3.8) is 0 Å². The van der Waals surface area contributed by atoms with E-state index >= 15 is 0 Å². The fourth-order valence-corrected chi connectivity index (χ4v) is 1.49. The Morgan fingerprint density at radius 1 is 1.59 bits per heavy atom. The van der Waals surface area contributed by atoms with Crippen LogP contribution in [0.4, 0.5) is 0 Å². The Labute approximate surface area is 104 Å². The third-order valence-corrected chi connectivity index (χ3v) is 2.44. The van der Waals surface area contributed by atoms with Crippen LogP contribution in [0.15, 0.2) is 18.3 Å². The summed E-state index contributed by atoms with van der Waals surface area (Å²) >= 11 is 5.75. The van der Waals surface area contributed by atoms with Crippen LogP contribution in [0, 0.1) is 5.92 Å². The minimum atomic E-state index is -0.883. The molecule has 1 unspecified atom stereocenters. The number of pyridine rings is 1. The van der Waals surface area contributed by atoms with Gasteiger partial charge in [0, 0.05) is 19.2 Å². The van der Waals surface area contributed by atoms with Crippen LogP contribution in [0.1, 0.15) is 23.7 Å². The summed E-state index contributed by atoms with van der Waals surface area (Å²) in [5.74, 6) is -1.36. The van der Waals surface area contributed by atoms with Crippen molar-refractivity contribution in [1.29, 1.82) is 0 Å². The van der Waals surface area contributed by atoms with Crippen molar-refractivity contribution in [2.45, 2.75) is 13.3 Å². The number of halogens is 1. The van der Waals surface area contributed by atoms with Gasteiger partial charge in [0.15, 0.2) is 0 Å². The van der Waals surface area contributed by atoms with E-state index in [1.165, 1.54) is 6.20 Å². The molecular weight excluding hydrogens is 244 g/mol. The summed E-state index contributed by atoms with van der Waals surface area (Å²) in [4.78, 5) is 25.9. The van der Waals surface area contributed by atoms with Gasteiger partial charge >= 0.3 is 5.97 Å². The standard InChI is InChI=1S/C11H13ClN2O3/c1-7(5-9(15)16)6-14-11(17)8-3-2-4-13-10(8)12/h2-4,7H,5-6H2,1H3,(H,14,17)(H,15,16). The molecule has 1 aromatic rings. The maximum atomic E-state index is 11.7. The maximum absolute atomic E-state index is 11.7. The van der Waals surface area contributed by atoms with Gasteiger partial charge < -0.3 is 10.4 Å². The zero-order chi connectivity index (χ0) is 12.8. The molecule has 1 atom stereocenters. The molecule has 0 saturated heterocycles. The number of amides is 1. The average Bonchev–Trinajstić information content (AvgIpc) is 2.25. The maximum Gasteiger partial charge on any atom is 0.303 e. The van der Waals surface area contributed by atoms with Crippen LogP contribution >= 0.6 is 11.6 Å². The molecule has 0 fully saturated rings. The van der Waals surface area contributed by atoms with Crippen molar-refractivity contribution in [2.75, 3.05) is 6.54 Å². The second-order valence-corrected chi connectivity index (χ2v) is 4.11. The normalized spacial score (nSPS) is 11.9. The highest BCUT2D eigenvalue weighted by Crippen LogP contribution is 2.11. The van der Waals surface area contributed by atoms with Gasteiger partial charge in [-0.1, -0.05) is 18.5 Å². The van der Waals surface area contributed by atoms with Crippen LogP contribution in [-0.2, 0) is 4.79 Å². The average molecular weight is 257 g/mol. The largest absolute Gasteiger partial charge is 0.481 e. The van der Waals surface area contributed by atoms with Crippen molar-refractivity contribution in [1.82, 2.24) is 10.3 Å². The number of rotatable bonds is 5. The summed E-state index contributed by atoms with van der Waals surface area (Å²) in [6.45, 7) is 2.04. The lowest BCUT2D eigenvalue weighted by molar-refractivity contribution is -0.137. The van der Waals surface area contributed by atoms with E-state index in [-0.39, 0.29) is 35.5 Å². The summed E-state index contributed by atoms with van der Waals surface area (Å²) < 4.78 is 0. The fourth-order valence-electron chi connectivity index (χ4n) is 1.29. The van der Waals surface area contributed by atoms with Gasteiger partial charge in [0.25, 0.3) is 5.91 Å². The lowest BCUT2D eigenvalue weighted by Gasteiger charge is -2.10. The third kappa shape index (κ3) is 4.40. The van der Waals surface area contributed by atoms with Gasteiger partial charge in [-0.05, 0) is 18.1 Å². The first-order valence-electron chi connectivity index (χ1n) is 5.11. The lowest BCUT2D eigenvalue weighted by Crippen LogP contribution is -2.29. The molecule has 1 amide bonds. The molecule has 5 nitrogen and oxygen atoms in total. The minimum absolute atomic E-state index is 0.0149. The van der Waals surface area contributed by atoms with Crippen molar-refractivity contribution in [3.05, 3.63) is 29.0 Å². The first-order valence-corrected chi connectivity index (χ1v) is 5.49. The van der Waals surface area contributed by atoms with E-state index < -0.39 is 5.97 Å². The van der Waals surface area contributed by atoms with E-state index in [1.54, 1.807) is 19.1 Å². The molecule has 0 bridgehead atoms. The number of aliphatic carboxylic acids is 1. The molecule has 2 N–H and O–H groups in total. The summed E-state index contributed by atoms with van der Waals surface area (Å²) in [5.41, 5.74) is 0.289. The number of nitrogens with zero attached hydrogens (tertiary/aromatic N) is 1. The summed E-state index contributed by atoms with van der Waals surface area (Å²) in [7, 11) is 0. The molecule has 92 valence electrons. The monoisotopic (exact) mass is 256 g/mol. The smallest absolute Gasteiger partial charge is 0.303 e. The molecule has 17 heavy (non-hydrogen) atoms. The molecule has 1 aromatic heterocycles. The zero-order valence-electron chi connectivity index (χ0n) is 9.31. The summed E-state index contributed by atoms with van der Waals surface area (Å²) in [6, 6.07) is 3.17. The molecule has 0 aliphatic rings. The molecule has 0 aliphatic carbocycles. The number of aromatic nitrogens is 1. The molecule has 1 rings (SSSR count). The minimum Gasteiger partial charge on any atom is -0.481 e. The van der Waals surface area contributed by atoms with E-state index in [2.05, 4.69) is 10.3 Å². The van der Waals surface area contributed by atoms with E-state index in [9.17, 15) is 9.59 Å². The summed E-state index contributed by atoms with van der Waals surface area (Å²) in [5, 5.41) is 11.3. The number of hydrogen-bond acceptors (Lipinski definition) is 3. The number of carbonyl (C=O) groups is 2. The molecule has 0 radical (unpaired) electrons. The van der Waals surface area contributed by atoms with Crippen molar-refractivity contribution >= 4 is 23.5 Å². The topological polar surface area (TPSA) is 79.3 Å². The molecule has 1 heterocycles. The Hall–Kier alpha value is -1.62. The second kappa shape index (κ2) is 6.20. The Balaban J connectivity index is 2.51. The van der Waals surface area contributed by atoms with Crippen LogP contribution in [0.25, 0.3) is 0 Å². The van der Waals surface area contributed by atoms with Gasteiger partial charge in [-0.15, -0.1) is 0 Å². The van der Waals surface area contributed by atoms with Crippen LogP contribution in [0.5, 0.6) is 0 Å².